The van der Waals surface area contributed by atoms with Gasteiger partial charge in [-0.2, -0.15) is 0 Å². The largest absolute Gasteiger partial charge is 0.371 e. The lowest BCUT2D eigenvalue weighted by Crippen LogP contribution is -2.35. The molecule has 1 atom stereocenters. The minimum Gasteiger partial charge on any atom is -0.371 e. The summed E-state index contributed by atoms with van der Waals surface area (Å²) < 4.78 is 2.15. The zero-order valence-electron chi connectivity index (χ0n) is 14.1. The molecule has 0 spiro atoms. The Labute approximate surface area is 141 Å². The third kappa shape index (κ3) is 2.68. The topological polar surface area (TPSA) is 58.4 Å². The zero-order valence-corrected chi connectivity index (χ0v) is 14.1. The number of nitrogens with zero attached hydrogens (tertiary/aromatic N) is 5. The van der Waals surface area contributed by atoms with Gasteiger partial charge in [0, 0.05) is 44.6 Å². The van der Waals surface area contributed by atoms with E-state index in [9.17, 15) is 0 Å². The molecule has 3 aromatic heterocycles. The second-order valence-electron chi connectivity index (χ2n) is 6.31. The van der Waals surface area contributed by atoms with Crippen LogP contribution in [0.1, 0.15) is 30.3 Å². The van der Waals surface area contributed by atoms with Gasteiger partial charge in [0.15, 0.2) is 0 Å². The Balaban J connectivity index is 1.64. The van der Waals surface area contributed by atoms with Crippen LogP contribution in [0.4, 0.5) is 11.6 Å². The van der Waals surface area contributed by atoms with Gasteiger partial charge in [-0.25, -0.2) is 15.0 Å². The molecule has 1 fully saturated rings. The molecule has 1 N–H and O–H groups in total. The lowest BCUT2D eigenvalue weighted by molar-refractivity contribution is 0.497. The van der Waals surface area contributed by atoms with Crippen molar-refractivity contribution in [2.75, 3.05) is 30.4 Å². The first kappa shape index (κ1) is 14.9. The van der Waals surface area contributed by atoms with E-state index >= 15 is 0 Å². The van der Waals surface area contributed by atoms with E-state index in [2.05, 4.69) is 49.1 Å². The van der Waals surface area contributed by atoms with Crippen molar-refractivity contribution in [1.29, 1.82) is 0 Å². The summed E-state index contributed by atoms with van der Waals surface area (Å²) in [5, 5.41) is 3.22. The van der Waals surface area contributed by atoms with Crippen LogP contribution in [-0.2, 0) is 0 Å². The van der Waals surface area contributed by atoms with Crippen LogP contribution in [0, 0.1) is 6.92 Å². The highest BCUT2D eigenvalue weighted by atomic mass is 15.2. The third-order valence-corrected chi connectivity index (χ3v) is 4.70. The fourth-order valence-electron chi connectivity index (χ4n) is 3.49. The number of anilines is 2. The number of aromatic nitrogens is 4. The minimum absolute atomic E-state index is 0.410. The molecule has 4 heterocycles. The highest BCUT2D eigenvalue weighted by Gasteiger charge is 2.24. The van der Waals surface area contributed by atoms with Crippen LogP contribution < -0.4 is 10.2 Å². The highest BCUT2D eigenvalue weighted by molar-refractivity contribution is 5.68. The van der Waals surface area contributed by atoms with Crippen molar-refractivity contribution in [1.82, 2.24) is 19.4 Å². The summed E-state index contributed by atoms with van der Waals surface area (Å²) in [6.07, 6.45) is 8.38. The van der Waals surface area contributed by atoms with Gasteiger partial charge in [-0.1, -0.05) is 0 Å². The fraction of sp³-hybridized carbons (Fsp3) is 0.389. The molecule has 24 heavy (non-hydrogen) atoms. The Morgan fingerprint density at radius 2 is 2.17 bits per heavy atom. The van der Waals surface area contributed by atoms with Gasteiger partial charge in [0.05, 0.1) is 11.2 Å². The molecule has 1 aliphatic rings. The molecule has 6 nitrogen and oxygen atoms in total. The molecule has 0 saturated carbocycles. The fourth-order valence-corrected chi connectivity index (χ4v) is 3.49. The molecule has 0 unspecified atom stereocenters. The van der Waals surface area contributed by atoms with E-state index in [1.807, 2.05) is 26.2 Å². The quantitative estimate of drug-likeness (QED) is 0.803. The molecule has 0 aliphatic carbocycles. The van der Waals surface area contributed by atoms with Crippen molar-refractivity contribution in [2.45, 2.75) is 25.7 Å². The SMILES string of the molecule is CNc1nc([C@H]2CCCN(c3ccnc(C)n3)C2)cn2cccc12. The average Bonchev–Trinajstić information content (AvgIpc) is 3.09. The monoisotopic (exact) mass is 322 g/mol. The summed E-state index contributed by atoms with van der Waals surface area (Å²) in [7, 11) is 1.93. The van der Waals surface area contributed by atoms with Crippen molar-refractivity contribution in [3.05, 3.63) is 48.3 Å². The minimum atomic E-state index is 0.410. The first-order chi connectivity index (χ1) is 11.7. The van der Waals surface area contributed by atoms with Crippen LogP contribution in [0.25, 0.3) is 5.52 Å². The highest BCUT2D eigenvalue weighted by Crippen LogP contribution is 2.29. The van der Waals surface area contributed by atoms with Crippen molar-refractivity contribution in [3.63, 3.8) is 0 Å². The number of aryl methyl sites for hydroxylation is 1. The maximum Gasteiger partial charge on any atom is 0.150 e. The van der Waals surface area contributed by atoms with E-state index in [1.165, 1.54) is 0 Å². The maximum absolute atomic E-state index is 4.87. The Kier molecular flexibility index (Phi) is 3.80. The lowest BCUT2D eigenvalue weighted by Gasteiger charge is -2.33. The van der Waals surface area contributed by atoms with Gasteiger partial charge in [-0.3, -0.25) is 0 Å². The number of nitrogens with one attached hydrogen (secondary N) is 1. The lowest BCUT2D eigenvalue weighted by atomic mass is 9.95. The van der Waals surface area contributed by atoms with Gasteiger partial charge >= 0.3 is 0 Å². The van der Waals surface area contributed by atoms with E-state index in [0.717, 1.165) is 54.6 Å². The summed E-state index contributed by atoms with van der Waals surface area (Å²) in [6, 6.07) is 6.13. The van der Waals surface area contributed by atoms with Crippen LogP contribution in [0.5, 0.6) is 0 Å². The predicted molar refractivity (Wildman–Crippen MR) is 95.7 cm³/mol. The number of fused-ring (bicyclic) bond motifs is 1. The molecule has 0 aromatic carbocycles. The molecule has 0 bridgehead atoms. The number of piperidine rings is 1. The van der Waals surface area contributed by atoms with Gasteiger partial charge in [0.25, 0.3) is 0 Å². The molecule has 3 aromatic rings. The number of rotatable bonds is 3. The van der Waals surface area contributed by atoms with Crippen LogP contribution >= 0.6 is 0 Å². The van der Waals surface area contributed by atoms with Crippen molar-refractivity contribution in [2.24, 2.45) is 0 Å². The molecule has 124 valence electrons. The molecule has 1 saturated heterocycles. The first-order valence-electron chi connectivity index (χ1n) is 8.44. The molecular weight excluding hydrogens is 300 g/mol. The van der Waals surface area contributed by atoms with E-state index in [1.54, 1.807) is 0 Å². The predicted octanol–water partition coefficient (Wildman–Crippen LogP) is 2.86. The summed E-state index contributed by atoms with van der Waals surface area (Å²) in [4.78, 5) is 16.0. The molecule has 4 rings (SSSR count). The summed E-state index contributed by atoms with van der Waals surface area (Å²) in [5.74, 6) is 3.18. The van der Waals surface area contributed by atoms with Crippen molar-refractivity contribution < 1.29 is 0 Å². The molecule has 0 radical (unpaired) electrons. The van der Waals surface area contributed by atoms with E-state index < -0.39 is 0 Å². The standard InChI is InChI=1S/C18H22N6/c1-13-20-8-7-17(21-13)24-10-3-5-14(11-24)15-12-23-9-4-6-16(23)18(19-2)22-15/h4,6-9,12,14H,3,5,10-11H2,1-2H3,(H,19,22)/t14-/m0/s1. The molecular formula is C18H22N6. The molecule has 0 amide bonds. The van der Waals surface area contributed by atoms with E-state index in [-0.39, 0.29) is 0 Å². The summed E-state index contributed by atoms with van der Waals surface area (Å²) >= 11 is 0. The van der Waals surface area contributed by atoms with Gasteiger partial charge in [-0.05, 0) is 38.0 Å². The van der Waals surface area contributed by atoms with Gasteiger partial charge in [0.1, 0.15) is 17.5 Å². The summed E-state index contributed by atoms with van der Waals surface area (Å²) in [5.41, 5.74) is 2.25. The third-order valence-electron chi connectivity index (χ3n) is 4.70. The van der Waals surface area contributed by atoms with Crippen LogP contribution in [0.15, 0.2) is 36.8 Å². The maximum atomic E-state index is 4.87. The van der Waals surface area contributed by atoms with Gasteiger partial charge < -0.3 is 14.6 Å². The Morgan fingerprint density at radius 1 is 1.25 bits per heavy atom. The van der Waals surface area contributed by atoms with E-state index in [4.69, 9.17) is 4.98 Å². The van der Waals surface area contributed by atoms with Crippen molar-refractivity contribution in [3.8, 4) is 0 Å². The Bertz CT molecular complexity index is 856. The van der Waals surface area contributed by atoms with E-state index in [0.29, 0.717) is 5.92 Å². The van der Waals surface area contributed by atoms with Gasteiger partial charge in [0.2, 0.25) is 0 Å². The smallest absolute Gasteiger partial charge is 0.150 e. The Morgan fingerprint density at radius 3 is 3.00 bits per heavy atom. The number of hydrogen-bond acceptors (Lipinski definition) is 5. The normalized spacial score (nSPS) is 18.1. The second-order valence-corrected chi connectivity index (χ2v) is 6.31. The average molecular weight is 322 g/mol. The van der Waals surface area contributed by atoms with Crippen molar-refractivity contribution >= 4 is 17.2 Å². The Hall–Kier alpha value is -2.63. The van der Waals surface area contributed by atoms with Gasteiger partial charge in [-0.15, -0.1) is 0 Å². The number of hydrogen-bond donors (Lipinski definition) is 1. The second kappa shape index (κ2) is 6.11. The first-order valence-corrected chi connectivity index (χ1v) is 8.44. The molecule has 6 heteroatoms. The molecule has 1 aliphatic heterocycles. The summed E-state index contributed by atoms with van der Waals surface area (Å²) in [6.45, 7) is 3.92. The van der Waals surface area contributed by atoms with Crippen LogP contribution in [0.2, 0.25) is 0 Å². The zero-order chi connectivity index (χ0) is 16.5. The van der Waals surface area contributed by atoms with Crippen LogP contribution in [0.3, 0.4) is 0 Å². The van der Waals surface area contributed by atoms with Crippen LogP contribution in [-0.4, -0.2) is 39.5 Å².